The average Bonchev–Trinajstić information content (AvgIpc) is 1.94. The molecule has 0 aliphatic heterocycles. The molecule has 0 saturated heterocycles. The first-order valence-corrected chi connectivity index (χ1v) is 3.84. The molecule has 0 heterocycles. The van der Waals surface area contributed by atoms with Gasteiger partial charge in [-0.15, -0.1) is 0 Å². The van der Waals surface area contributed by atoms with Crippen LogP contribution in [0.4, 0.5) is 0 Å². The monoisotopic (exact) mass is 219 g/mol. The fourth-order valence-electron chi connectivity index (χ4n) is 1.31. The van der Waals surface area contributed by atoms with Crippen molar-refractivity contribution in [1.29, 1.82) is 0 Å². The van der Waals surface area contributed by atoms with Crippen LogP contribution in [0, 0.1) is 5.92 Å². The Balaban J connectivity index is 0. The van der Waals surface area contributed by atoms with Crippen molar-refractivity contribution in [3.63, 3.8) is 0 Å². The Kier molecular flexibility index (Phi) is 13.7. The minimum absolute atomic E-state index is 0. The predicted octanol–water partition coefficient (Wildman–Crippen LogP) is 2.19. The number of hydrogen-bond acceptors (Lipinski definition) is 1. The van der Waals surface area contributed by atoms with Gasteiger partial charge in [0.1, 0.15) is 0 Å². The summed E-state index contributed by atoms with van der Waals surface area (Å²) < 4.78 is 0. The van der Waals surface area contributed by atoms with Crippen molar-refractivity contribution in [2.75, 3.05) is 7.11 Å². The van der Waals surface area contributed by atoms with Crippen molar-refractivity contribution in [2.24, 2.45) is 5.92 Å². The topological polar surface area (TPSA) is 20.2 Å². The van der Waals surface area contributed by atoms with Crippen LogP contribution in [0.1, 0.15) is 39.0 Å². The van der Waals surface area contributed by atoms with Gasteiger partial charge in [-0.1, -0.05) is 39.0 Å². The van der Waals surface area contributed by atoms with Gasteiger partial charge < -0.3 is 5.11 Å². The quantitative estimate of drug-likeness (QED) is 0.662. The number of aliphatic hydroxyl groups is 1. The fourth-order valence-corrected chi connectivity index (χ4v) is 1.31. The minimum atomic E-state index is 0. The predicted molar refractivity (Wildman–Crippen MR) is 40.4 cm³/mol. The van der Waals surface area contributed by atoms with E-state index in [9.17, 15) is 0 Å². The standard InChI is InChI=1S/C7H14.CH4O.Y/c1-7-5-3-2-4-6-7;1-2;/h7H,2-6H2,1H3;2H,1H3;. The van der Waals surface area contributed by atoms with Crippen LogP contribution in [0.5, 0.6) is 0 Å². The molecule has 1 radical (unpaired) electrons. The summed E-state index contributed by atoms with van der Waals surface area (Å²) >= 11 is 0. The van der Waals surface area contributed by atoms with Crippen molar-refractivity contribution in [1.82, 2.24) is 0 Å². The van der Waals surface area contributed by atoms with Crippen LogP contribution in [0.2, 0.25) is 0 Å². The molecule has 0 aromatic carbocycles. The Bertz CT molecular complexity index is 51.2. The maximum atomic E-state index is 7.00. The Morgan fingerprint density at radius 2 is 1.40 bits per heavy atom. The van der Waals surface area contributed by atoms with Crippen LogP contribution in [-0.2, 0) is 32.7 Å². The third-order valence-corrected chi connectivity index (χ3v) is 1.89. The zero-order valence-corrected chi connectivity index (χ0v) is 9.98. The number of aliphatic hydroxyl groups excluding tert-OH is 1. The molecular weight excluding hydrogens is 201 g/mol. The van der Waals surface area contributed by atoms with Crippen LogP contribution < -0.4 is 0 Å². The van der Waals surface area contributed by atoms with Gasteiger partial charge in [-0.2, -0.15) is 0 Å². The van der Waals surface area contributed by atoms with E-state index in [0.717, 1.165) is 13.0 Å². The molecule has 0 unspecified atom stereocenters. The summed E-state index contributed by atoms with van der Waals surface area (Å²) in [6, 6.07) is 0. The second-order valence-electron chi connectivity index (χ2n) is 2.74. The van der Waals surface area contributed by atoms with Gasteiger partial charge in [-0.3, -0.25) is 0 Å². The molecule has 0 atom stereocenters. The van der Waals surface area contributed by atoms with E-state index in [1.165, 1.54) is 32.1 Å². The van der Waals surface area contributed by atoms with E-state index in [0.29, 0.717) is 0 Å². The molecule has 0 spiro atoms. The summed E-state index contributed by atoms with van der Waals surface area (Å²) in [7, 11) is 1.00. The first-order valence-electron chi connectivity index (χ1n) is 3.84. The fraction of sp³-hybridized carbons (Fsp3) is 1.00. The third-order valence-electron chi connectivity index (χ3n) is 1.89. The van der Waals surface area contributed by atoms with Crippen molar-refractivity contribution in [3.8, 4) is 0 Å². The van der Waals surface area contributed by atoms with E-state index < -0.39 is 0 Å². The van der Waals surface area contributed by atoms with Crippen LogP contribution in [0.25, 0.3) is 0 Å². The Morgan fingerprint density at radius 3 is 1.60 bits per heavy atom. The molecule has 1 aliphatic rings. The van der Waals surface area contributed by atoms with Crippen molar-refractivity contribution in [3.05, 3.63) is 0 Å². The van der Waals surface area contributed by atoms with E-state index >= 15 is 0 Å². The zero-order chi connectivity index (χ0) is 7.11. The van der Waals surface area contributed by atoms with Crippen LogP contribution in [0.3, 0.4) is 0 Å². The van der Waals surface area contributed by atoms with Crippen LogP contribution in [0.15, 0.2) is 0 Å². The van der Waals surface area contributed by atoms with Crippen LogP contribution >= 0.6 is 0 Å². The Labute approximate surface area is 89.5 Å². The smallest absolute Gasteiger partial charge is 0.0319 e. The first kappa shape index (κ1) is 13.6. The molecule has 0 bridgehead atoms. The second-order valence-corrected chi connectivity index (χ2v) is 2.74. The maximum absolute atomic E-state index is 7.00. The third kappa shape index (κ3) is 7.17. The van der Waals surface area contributed by atoms with E-state index in [1.54, 1.807) is 0 Å². The van der Waals surface area contributed by atoms with Crippen molar-refractivity contribution in [2.45, 2.75) is 39.0 Å². The molecular formula is C8H18OY. The summed E-state index contributed by atoms with van der Waals surface area (Å²) in [5.41, 5.74) is 0. The average molecular weight is 219 g/mol. The molecule has 1 saturated carbocycles. The van der Waals surface area contributed by atoms with E-state index in [1.807, 2.05) is 0 Å². The normalized spacial score (nSPS) is 18.3. The summed E-state index contributed by atoms with van der Waals surface area (Å²) in [5, 5.41) is 7.00. The molecule has 59 valence electrons. The van der Waals surface area contributed by atoms with Gasteiger partial charge in [0.05, 0.1) is 0 Å². The van der Waals surface area contributed by atoms with Gasteiger partial charge in [0, 0.05) is 39.8 Å². The largest absolute Gasteiger partial charge is 0.400 e. The Morgan fingerprint density at radius 1 is 1.00 bits per heavy atom. The zero-order valence-electron chi connectivity index (χ0n) is 7.14. The molecule has 2 heteroatoms. The van der Waals surface area contributed by atoms with Gasteiger partial charge >= 0.3 is 0 Å². The molecule has 0 aromatic rings. The number of hydrogen-bond donors (Lipinski definition) is 1. The first-order chi connectivity index (χ1) is 4.39. The molecule has 1 N–H and O–H groups in total. The minimum Gasteiger partial charge on any atom is -0.400 e. The van der Waals surface area contributed by atoms with Crippen molar-refractivity contribution >= 4 is 0 Å². The SMILES string of the molecule is CC1CCCCC1.CO.[Y]. The van der Waals surface area contributed by atoms with Crippen molar-refractivity contribution < 1.29 is 37.8 Å². The van der Waals surface area contributed by atoms with Gasteiger partial charge in [0.2, 0.25) is 0 Å². The Hall–Kier alpha value is 1.06. The van der Waals surface area contributed by atoms with E-state index in [-0.39, 0.29) is 32.7 Å². The van der Waals surface area contributed by atoms with Gasteiger partial charge in [-0.05, 0) is 5.92 Å². The summed E-state index contributed by atoms with van der Waals surface area (Å²) in [6.45, 7) is 2.36. The molecule has 1 fully saturated rings. The summed E-state index contributed by atoms with van der Waals surface area (Å²) in [5.74, 6) is 1.04. The maximum Gasteiger partial charge on any atom is 0.0319 e. The molecule has 1 nitrogen and oxygen atoms in total. The summed E-state index contributed by atoms with van der Waals surface area (Å²) in [6.07, 6.45) is 7.44. The number of rotatable bonds is 0. The van der Waals surface area contributed by atoms with Gasteiger partial charge in [0.25, 0.3) is 0 Å². The second kappa shape index (κ2) is 10.1. The molecule has 0 aromatic heterocycles. The van der Waals surface area contributed by atoms with E-state index in [4.69, 9.17) is 5.11 Å². The molecule has 10 heavy (non-hydrogen) atoms. The van der Waals surface area contributed by atoms with Gasteiger partial charge in [-0.25, -0.2) is 0 Å². The molecule has 1 rings (SSSR count). The van der Waals surface area contributed by atoms with E-state index in [2.05, 4.69) is 6.92 Å². The molecule has 0 amide bonds. The summed E-state index contributed by atoms with van der Waals surface area (Å²) in [4.78, 5) is 0. The van der Waals surface area contributed by atoms with Gasteiger partial charge in [0.15, 0.2) is 0 Å². The molecule has 1 aliphatic carbocycles. The van der Waals surface area contributed by atoms with Crippen LogP contribution in [-0.4, -0.2) is 12.2 Å².